The van der Waals surface area contributed by atoms with Crippen molar-refractivity contribution < 1.29 is 0 Å². The Labute approximate surface area is 203 Å². The van der Waals surface area contributed by atoms with Gasteiger partial charge in [-0.1, -0.05) is 6.07 Å². The van der Waals surface area contributed by atoms with Gasteiger partial charge >= 0.3 is 0 Å². The van der Waals surface area contributed by atoms with E-state index in [4.69, 9.17) is 4.98 Å². The fraction of sp³-hybridized carbons (Fsp3) is 0.286. The summed E-state index contributed by atoms with van der Waals surface area (Å²) in [5.41, 5.74) is 7.93. The number of pyridine rings is 3. The zero-order valence-electron chi connectivity index (χ0n) is 20.5. The first kappa shape index (κ1) is 21.5. The number of fused-ring (bicyclic) bond motifs is 2. The Balaban J connectivity index is 1.52. The van der Waals surface area contributed by atoms with Crippen molar-refractivity contribution in [3.63, 3.8) is 0 Å². The first-order chi connectivity index (χ1) is 16.9. The van der Waals surface area contributed by atoms with Gasteiger partial charge < -0.3 is 5.32 Å². The molecule has 1 aliphatic heterocycles. The number of rotatable bonds is 4. The van der Waals surface area contributed by atoms with Crippen molar-refractivity contribution in [1.29, 1.82) is 0 Å². The van der Waals surface area contributed by atoms with E-state index in [0.29, 0.717) is 0 Å². The average Bonchev–Trinajstić information content (AvgIpc) is 3.28. The molecular weight excluding hydrogens is 436 g/mol. The Hall–Kier alpha value is -4.00. The molecule has 0 saturated carbocycles. The lowest BCUT2D eigenvalue weighted by Crippen LogP contribution is -2.27. The molecule has 5 heterocycles. The summed E-state index contributed by atoms with van der Waals surface area (Å²) in [5, 5.41) is 11.1. The largest absolute Gasteiger partial charge is 0.377 e. The zero-order valence-corrected chi connectivity index (χ0v) is 20.5. The number of anilines is 1. The van der Waals surface area contributed by atoms with Crippen LogP contribution in [0.1, 0.15) is 41.9 Å². The van der Waals surface area contributed by atoms with Gasteiger partial charge in [-0.2, -0.15) is 5.10 Å². The zero-order chi connectivity index (χ0) is 24.3. The molecule has 6 rings (SSSR count). The highest BCUT2D eigenvalue weighted by Gasteiger charge is 2.23. The first-order valence-corrected chi connectivity index (χ1v) is 12.1. The summed E-state index contributed by atoms with van der Waals surface area (Å²) < 4.78 is 3.86. The number of aryl methyl sites for hydroxylation is 5. The van der Waals surface area contributed by atoms with Crippen LogP contribution < -0.4 is 10.9 Å². The van der Waals surface area contributed by atoms with E-state index >= 15 is 0 Å². The lowest BCUT2D eigenvalue weighted by molar-refractivity contribution is 0.485. The molecule has 0 bridgehead atoms. The number of hydrogen-bond acceptors (Lipinski definition) is 5. The summed E-state index contributed by atoms with van der Waals surface area (Å²) in [6.07, 6.45) is 4.66. The van der Waals surface area contributed by atoms with Crippen LogP contribution in [0.4, 0.5) is 5.69 Å². The number of aromatic nitrogens is 5. The van der Waals surface area contributed by atoms with Crippen molar-refractivity contribution in [3.05, 3.63) is 81.7 Å². The van der Waals surface area contributed by atoms with Gasteiger partial charge in [-0.25, -0.2) is 4.68 Å². The number of hydrogen-bond donors (Lipinski definition) is 1. The maximum absolute atomic E-state index is 13.5. The number of benzene rings is 1. The summed E-state index contributed by atoms with van der Waals surface area (Å²) >= 11 is 0. The Morgan fingerprint density at radius 3 is 2.69 bits per heavy atom. The molecule has 0 fully saturated rings. The van der Waals surface area contributed by atoms with Crippen molar-refractivity contribution in [2.24, 2.45) is 0 Å². The standard InChI is InChI=1S/C28H28N6O/c1-16-12-21(25-22(13-16)28(35)33-10-5-11-34-27(33)23(25)15-30-34)19(4)32-24-7-6-17(2)31-26(24)20-8-9-29-18(3)14-20/h6-9,12-15,19,32H,5,10-11H2,1-4H3. The van der Waals surface area contributed by atoms with Crippen molar-refractivity contribution in [2.45, 2.75) is 53.2 Å². The molecule has 1 aromatic carbocycles. The van der Waals surface area contributed by atoms with Crippen LogP contribution >= 0.6 is 0 Å². The summed E-state index contributed by atoms with van der Waals surface area (Å²) in [6.45, 7) is 9.76. The molecule has 7 nitrogen and oxygen atoms in total. The predicted molar refractivity (Wildman–Crippen MR) is 140 cm³/mol. The highest BCUT2D eigenvalue weighted by molar-refractivity contribution is 6.07. The fourth-order valence-electron chi connectivity index (χ4n) is 5.35. The van der Waals surface area contributed by atoms with E-state index < -0.39 is 0 Å². The molecule has 0 radical (unpaired) electrons. The third kappa shape index (κ3) is 3.50. The molecule has 5 aromatic rings. The van der Waals surface area contributed by atoms with Crippen LogP contribution in [0.3, 0.4) is 0 Å². The van der Waals surface area contributed by atoms with Crippen LogP contribution in [-0.2, 0) is 13.1 Å². The molecule has 1 N–H and O–H groups in total. The van der Waals surface area contributed by atoms with Gasteiger partial charge in [-0.15, -0.1) is 0 Å². The number of nitrogens with one attached hydrogen (secondary N) is 1. The van der Waals surface area contributed by atoms with Crippen molar-refractivity contribution >= 4 is 27.5 Å². The van der Waals surface area contributed by atoms with Crippen LogP contribution in [0.5, 0.6) is 0 Å². The van der Waals surface area contributed by atoms with Gasteiger partial charge in [0.15, 0.2) is 0 Å². The fourth-order valence-corrected chi connectivity index (χ4v) is 5.35. The summed E-state index contributed by atoms with van der Waals surface area (Å²) in [5.74, 6) is 0. The molecule has 0 saturated heterocycles. The molecule has 7 heteroatoms. The van der Waals surface area contributed by atoms with Gasteiger partial charge in [0.05, 0.1) is 17.6 Å². The van der Waals surface area contributed by atoms with Gasteiger partial charge in [-0.05, 0) is 75.6 Å². The van der Waals surface area contributed by atoms with E-state index in [1.807, 2.05) is 53.7 Å². The minimum Gasteiger partial charge on any atom is -0.377 e. The maximum atomic E-state index is 13.5. The van der Waals surface area contributed by atoms with E-state index in [1.54, 1.807) is 0 Å². The predicted octanol–water partition coefficient (Wildman–Crippen LogP) is 5.31. The molecular formula is C28H28N6O. The Bertz CT molecular complexity index is 1680. The molecule has 1 atom stereocenters. The first-order valence-electron chi connectivity index (χ1n) is 12.1. The topological polar surface area (TPSA) is 77.6 Å². The highest BCUT2D eigenvalue weighted by atomic mass is 16.1. The molecule has 35 heavy (non-hydrogen) atoms. The van der Waals surface area contributed by atoms with Gasteiger partial charge in [0, 0.05) is 58.4 Å². The summed E-state index contributed by atoms with van der Waals surface area (Å²) in [7, 11) is 0. The average molecular weight is 465 g/mol. The maximum Gasteiger partial charge on any atom is 0.260 e. The van der Waals surface area contributed by atoms with Crippen LogP contribution in [0.2, 0.25) is 0 Å². The van der Waals surface area contributed by atoms with Gasteiger partial charge in [-0.3, -0.25) is 19.3 Å². The SMILES string of the molecule is Cc1cc(C(C)Nc2ccc(C)nc2-c2ccnc(C)c2)c2c(c1)c(=O)n1c3c2cnn3CCC1. The Morgan fingerprint density at radius 2 is 1.86 bits per heavy atom. The molecule has 0 amide bonds. The quantitative estimate of drug-likeness (QED) is 0.390. The molecule has 0 aliphatic carbocycles. The number of nitrogens with zero attached hydrogens (tertiary/aromatic N) is 5. The molecule has 0 spiro atoms. The summed E-state index contributed by atoms with van der Waals surface area (Å²) in [6, 6.07) is 12.3. The second-order valence-electron chi connectivity index (χ2n) is 9.59. The monoisotopic (exact) mass is 464 g/mol. The minimum atomic E-state index is -0.0617. The van der Waals surface area contributed by atoms with Crippen LogP contribution in [0, 0.1) is 20.8 Å². The third-order valence-electron chi connectivity index (χ3n) is 6.92. The van der Waals surface area contributed by atoms with Gasteiger partial charge in [0.2, 0.25) is 0 Å². The van der Waals surface area contributed by atoms with E-state index in [-0.39, 0.29) is 11.6 Å². The van der Waals surface area contributed by atoms with Crippen molar-refractivity contribution in [3.8, 4) is 11.3 Å². The molecule has 1 aliphatic rings. The second-order valence-corrected chi connectivity index (χ2v) is 9.59. The molecule has 176 valence electrons. The summed E-state index contributed by atoms with van der Waals surface area (Å²) in [4.78, 5) is 22.7. The van der Waals surface area contributed by atoms with Crippen LogP contribution in [0.25, 0.3) is 33.1 Å². The van der Waals surface area contributed by atoms with Crippen molar-refractivity contribution in [2.75, 3.05) is 5.32 Å². The second kappa shape index (κ2) is 8.05. The highest BCUT2D eigenvalue weighted by Crippen LogP contribution is 2.35. The van der Waals surface area contributed by atoms with Crippen LogP contribution in [-0.4, -0.2) is 24.3 Å². The minimum absolute atomic E-state index is 0.0617. The normalized spacial score (nSPS) is 13.9. The van der Waals surface area contributed by atoms with Crippen LogP contribution in [0.15, 0.2) is 53.6 Å². The van der Waals surface area contributed by atoms with E-state index in [1.165, 1.54) is 0 Å². The molecule has 4 aromatic heterocycles. The lowest BCUT2D eigenvalue weighted by atomic mass is 9.95. The molecule has 1 unspecified atom stereocenters. The van der Waals surface area contributed by atoms with Gasteiger partial charge in [0.25, 0.3) is 5.56 Å². The lowest BCUT2D eigenvalue weighted by Gasteiger charge is -2.23. The van der Waals surface area contributed by atoms with E-state index in [0.717, 1.165) is 80.8 Å². The van der Waals surface area contributed by atoms with Gasteiger partial charge in [0.1, 0.15) is 5.65 Å². The smallest absolute Gasteiger partial charge is 0.260 e. The third-order valence-corrected chi connectivity index (χ3v) is 6.92. The van der Waals surface area contributed by atoms with E-state index in [9.17, 15) is 4.79 Å². The van der Waals surface area contributed by atoms with Crippen molar-refractivity contribution in [1.82, 2.24) is 24.3 Å². The van der Waals surface area contributed by atoms with E-state index in [2.05, 4.69) is 47.4 Å². The Morgan fingerprint density at radius 1 is 1.00 bits per heavy atom. The Kier molecular flexibility index (Phi) is 4.95.